The molecule has 1 amide bonds. The van der Waals surface area contributed by atoms with Crippen molar-refractivity contribution in [1.82, 2.24) is 14.9 Å². The number of hydrogen-bond donors (Lipinski definition) is 1. The van der Waals surface area contributed by atoms with E-state index >= 15 is 0 Å². The van der Waals surface area contributed by atoms with E-state index in [1.165, 1.54) is 18.2 Å². The molecule has 0 saturated heterocycles. The molecule has 0 atom stereocenters. The lowest BCUT2D eigenvalue weighted by Gasteiger charge is -2.09. The first-order valence-corrected chi connectivity index (χ1v) is 8.57. The van der Waals surface area contributed by atoms with Gasteiger partial charge in [-0.05, 0) is 24.6 Å². The van der Waals surface area contributed by atoms with Gasteiger partial charge in [0.2, 0.25) is 0 Å². The number of carbonyl (C=O) groups excluding carboxylic acids is 1. The van der Waals surface area contributed by atoms with Crippen LogP contribution in [0.2, 0.25) is 0 Å². The molecule has 0 aliphatic heterocycles. The quantitative estimate of drug-likeness (QED) is 0.522. The maximum Gasteiger partial charge on any atom is 0.270 e. The van der Waals surface area contributed by atoms with E-state index in [9.17, 15) is 14.9 Å². The fraction of sp³-hybridized carbons (Fsp3) is 0.263. The maximum absolute atomic E-state index is 12.2. The Hall–Kier alpha value is -3.22. The van der Waals surface area contributed by atoms with Crippen LogP contribution in [-0.2, 0) is 13.0 Å². The number of aryl methyl sites for hydroxylation is 1. The molecule has 0 aliphatic rings. The molecule has 134 valence electrons. The Morgan fingerprint density at radius 2 is 2.04 bits per heavy atom. The number of aromatic nitrogens is 2. The minimum Gasteiger partial charge on any atom is -0.352 e. The first-order valence-electron chi connectivity index (χ1n) is 8.57. The van der Waals surface area contributed by atoms with Crippen molar-refractivity contribution in [3.8, 4) is 0 Å². The number of benzene rings is 2. The number of carbonyl (C=O) groups is 1. The summed E-state index contributed by atoms with van der Waals surface area (Å²) >= 11 is 0. The zero-order valence-electron chi connectivity index (χ0n) is 14.5. The average Bonchev–Trinajstić information content (AvgIpc) is 3.00. The van der Waals surface area contributed by atoms with Gasteiger partial charge < -0.3 is 9.88 Å². The number of rotatable bonds is 7. The highest BCUT2D eigenvalue weighted by Crippen LogP contribution is 2.17. The van der Waals surface area contributed by atoms with Gasteiger partial charge in [-0.1, -0.05) is 25.1 Å². The highest BCUT2D eigenvalue weighted by Gasteiger charge is 2.13. The molecule has 2 aromatic carbocycles. The number of nitrogens with zero attached hydrogens (tertiary/aromatic N) is 3. The van der Waals surface area contributed by atoms with Gasteiger partial charge in [-0.25, -0.2) is 4.98 Å². The van der Waals surface area contributed by atoms with Crippen LogP contribution in [0.3, 0.4) is 0 Å². The van der Waals surface area contributed by atoms with Crippen LogP contribution >= 0.6 is 0 Å². The molecule has 0 fully saturated rings. The lowest BCUT2D eigenvalue weighted by molar-refractivity contribution is -0.384. The second-order valence-corrected chi connectivity index (χ2v) is 5.98. The van der Waals surface area contributed by atoms with Crippen LogP contribution in [0, 0.1) is 10.1 Å². The minimum absolute atomic E-state index is 0.0950. The van der Waals surface area contributed by atoms with Crippen LogP contribution in [0.1, 0.15) is 29.5 Å². The highest BCUT2D eigenvalue weighted by atomic mass is 16.6. The Balaban J connectivity index is 1.69. The largest absolute Gasteiger partial charge is 0.352 e. The van der Waals surface area contributed by atoms with Crippen molar-refractivity contribution >= 4 is 22.6 Å². The van der Waals surface area contributed by atoms with Crippen LogP contribution in [0.4, 0.5) is 5.69 Å². The van der Waals surface area contributed by atoms with Gasteiger partial charge in [-0.3, -0.25) is 14.9 Å². The average molecular weight is 352 g/mol. The summed E-state index contributed by atoms with van der Waals surface area (Å²) in [5.41, 5.74) is 2.22. The molecule has 0 bridgehead atoms. The molecule has 7 nitrogen and oxygen atoms in total. The molecule has 0 unspecified atom stereocenters. The zero-order chi connectivity index (χ0) is 18.5. The molecule has 1 N–H and O–H groups in total. The van der Waals surface area contributed by atoms with Crippen LogP contribution in [0.25, 0.3) is 11.0 Å². The molecular weight excluding hydrogens is 332 g/mol. The Morgan fingerprint density at radius 3 is 2.81 bits per heavy atom. The fourth-order valence-electron chi connectivity index (χ4n) is 2.94. The lowest BCUT2D eigenvalue weighted by atomic mass is 10.2. The Kier molecular flexibility index (Phi) is 5.26. The summed E-state index contributed by atoms with van der Waals surface area (Å²) in [4.78, 5) is 27.2. The van der Waals surface area contributed by atoms with Crippen LogP contribution < -0.4 is 5.32 Å². The molecule has 3 rings (SSSR count). The number of nitro benzene ring substituents is 1. The maximum atomic E-state index is 12.2. The summed E-state index contributed by atoms with van der Waals surface area (Å²) in [6, 6.07) is 13.7. The second-order valence-electron chi connectivity index (χ2n) is 5.98. The van der Waals surface area contributed by atoms with Crippen molar-refractivity contribution in [3.05, 3.63) is 70.0 Å². The smallest absolute Gasteiger partial charge is 0.270 e. The van der Waals surface area contributed by atoms with Gasteiger partial charge >= 0.3 is 0 Å². The summed E-state index contributed by atoms with van der Waals surface area (Å²) in [5, 5.41) is 13.6. The molecule has 0 saturated carbocycles. The summed E-state index contributed by atoms with van der Waals surface area (Å²) < 4.78 is 2.18. The number of imidazole rings is 1. The van der Waals surface area contributed by atoms with E-state index in [2.05, 4.69) is 21.8 Å². The molecule has 0 spiro atoms. The van der Waals surface area contributed by atoms with Crippen molar-refractivity contribution in [3.63, 3.8) is 0 Å². The third-order valence-corrected chi connectivity index (χ3v) is 4.13. The van der Waals surface area contributed by atoms with Gasteiger partial charge in [0.25, 0.3) is 11.6 Å². The summed E-state index contributed by atoms with van der Waals surface area (Å²) in [6.07, 6.45) is 1.59. The Labute approximate surface area is 150 Å². The predicted octanol–water partition coefficient (Wildman–Crippen LogP) is 3.33. The molecule has 26 heavy (non-hydrogen) atoms. The van der Waals surface area contributed by atoms with E-state index < -0.39 is 4.92 Å². The van der Waals surface area contributed by atoms with Gasteiger partial charge in [0.1, 0.15) is 5.82 Å². The fourth-order valence-corrected chi connectivity index (χ4v) is 2.94. The van der Waals surface area contributed by atoms with Crippen molar-refractivity contribution in [2.45, 2.75) is 26.3 Å². The molecule has 7 heteroatoms. The van der Waals surface area contributed by atoms with E-state index in [1.54, 1.807) is 6.07 Å². The monoisotopic (exact) mass is 352 g/mol. The first-order chi connectivity index (χ1) is 12.6. The molecule has 1 heterocycles. The molecule has 0 aliphatic carbocycles. The van der Waals surface area contributed by atoms with Crippen LogP contribution in [0.15, 0.2) is 48.5 Å². The van der Waals surface area contributed by atoms with E-state index in [1.807, 2.05) is 24.3 Å². The van der Waals surface area contributed by atoms with Crippen molar-refractivity contribution in [2.24, 2.45) is 0 Å². The molecule has 3 aromatic rings. The van der Waals surface area contributed by atoms with Crippen molar-refractivity contribution in [1.29, 1.82) is 0 Å². The number of non-ortho nitro benzene ring substituents is 1. The van der Waals surface area contributed by atoms with E-state index in [4.69, 9.17) is 0 Å². The molecule has 0 radical (unpaired) electrons. The second kappa shape index (κ2) is 7.77. The number of para-hydroxylation sites is 2. The van der Waals surface area contributed by atoms with E-state index in [0.29, 0.717) is 13.0 Å². The van der Waals surface area contributed by atoms with E-state index in [-0.39, 0.29) is 17.2 Å². The van der Waals surface area contributed by atoms with Crippen molar-refractivity contribution < 1.29 is 9.72 Å². The van der Waals surface area contributed by atoms with E-state index in [0.717, 1.165) is 29.8 Å². The number of nitro groups is 1. The summed E-state index contributed by atoms with van der Waals surface area (Å²) in [6.45, 7) is 3.39. The number of amides is 1. The topological polar surface area (TPSA) is 90.1 Å². The van der Waals surface area contributed by atoms with Gasteiger partial charge in [0.05, 0.1) is 16.0 Å². The molecular formula is C19H20N4O3. The Bertz CT molecular complexity index is 949. The third kappa shape index (κ3) is 3.72. The first kappa shape index (κ1) is 17.6. The number of hydrogen-bond acceptors (Lipinski definition) is 4. The summed E-state index contributed by atoms with van der Waals surface area (Å²) in [7, 11) is 0. The highest BCUT2D eigenvalue weighted by molar-refractivity contribution is 5.94. The number of fused-ring (bicyclic) bond motifs is 1. The van der Waals surface area contributed by atoms with Gasteiger partial charge in [-0.2, -0.15) is 0 Å². The van der Waals surface area contributed by atoms with Gasteiger partial charge in [-0.15, -0.1) is 0 Å². The SMILES string of the molecule is CCCn1c(CCNC(=O)c2cccc([N+](=O)[O-])c2)nc2ccccc21. The zero-order valence-corrected chi connectivity index (χ0v) is 14.5. The van der Waals surface area contributed by atoms with Crippen LogP contribution in [0.5, 0.6) is 0 Å². The van der Waals surface area contributed by atoms with Crippen LogP contribution in [-0.4, -0.2) is 26.9 Å². The third-order valence-electron chi connectivity index (χ3n) is 4.13. The summed E-state index contributed by atoms with van der Waals surface area (Å²) in [5.74, 6) is 0.597. The van der Waals surface area contributed by atoms with Gasteiger partial charge in [0.15, 0.2) is 0 Å². The van der Waals surface area contributed by atoms with Crippen molar-refractivity contribution in [2.75, 3.05) is 6.54 Å². The minimum atomic E-state index is -0.510. The molecule has 1 aromatic heterocycles. The number of nitrogens with one attached hydrogen (secondary N) is 1. The Morgan fingerprint density at radius 1 is 1.23 bits per heavy atom. The normalized spacial score (nSPS) is 10.8. The lowest BCUT2D eigenvalue weighted by Crippen LogP contribution is -2.26. The standard InChI is InChI=1S/C19H20N4O3/c1-2-12-22-17-9-4-3-8-16(17)21-18(22)10-11-20-19(24)14-6-5-7-15(13-14)23(25)26/h3-9,13H,2,10-12H2,1H3,(H,20,24). The van der Waals surface area contributed by atoms with Gasteiger partial charge in [0, 0.05) is 37.2 Å². The predicted molar refractivity (Wildman–Crippen MR) is 99.2 cm³/mol.